The largest absolute Gasteiger partial charge is 0.397 e. The Morgan fingerprint density at radius 2 is 1.79 bits per heavy atom. The Morgan fingerprint density at radius 3 is 2.46 bits per heavy atom. The van der Waals surface area contributed by atoms with Crippen molar-refractivity contribution in [1.29, 1.82) is 0 Å². The van der Waals surface area contributed by atoms with Gasteiger partial charge in [-0.25, -0.2) is 4.98 Å². The molecule has 2 aromatic carbocycles. The lowest BCUT2D eigenvalue weighted by molar-refractivity contribution is 0.00492. The first-order valence-electron chi connectivity index (χ1n) is 13.5. The number of nitrogens with two attached hydrogens (primary N) is 1. The van der Waals surface area contributed by atoms with E-state index >= 15 is 0 Å². The van der Waals surface area contributed by atoms with Crippen molar-refractivity contribution in [2.24, 2.45) is 5.41 Å². The number of para-hydroxylation sites is 1. The molecule has 8 nitrogen and oxygen atoms in total. The second kappa shape index (κ2) is 10.6. The standard InChI is InChI=1S/C29H39ClN7OP/c1-19-14-25(37-12-10-29(11-13-37)16-20(17-29)36(2)3)22(31)15-24(19)34-28-32-18-21(30)27(35-28)33-23-8-6-7-9-26(23)39(4,5)38/h6-9,14-15,18,20H,10-13,16-17,31H2,1-5H3,(H2,32,33,34,35). The monoisotopic (exact) mass is 567 g/mol. The van der Waals surface area contributed by atoms with Gasteiger partial charge in [-0.1, -0.05) is 23.7 Å². The lowest BCUT2D eigenvalue weighted by atomic mass is 9.60. The van der Waals surface area contributed by atoms with Gasteiger partial charge in [-0.05, 0) is 95.3 Å². The van der Waals surface area contributed by atoms with E-state index in [9.17, 15) is 4.57 Å². The molecule has 3 aromatic rings. The van der Waals surface area contributed by atoms with Crippen LogP contribution in [0.1, 0.15) is 31.2 Å². The Balaban J connectivity index is 1.30. The van der Waals surface area contributed by atoms with Crippen molar-refractivity contribution in [2.45, 2.75) is 38.6 Å². The highest BCUT2D eigenvalue weighted by Crippen LogP contribution is 2.51. The molecule has 1 saturated heterocycles. The van der Waals surface area contributed by atoms with Crippen LogP contribution in [0.25, 0.3) is 0 Å². The van der Waals surface area contributed by atoms with E-state index in [1.165, 1.54) is 25.7 Å². The quantitative estimate of drug-likeness (QED) is 0.234. The van der Waals surface area contributed by atoms with E-state index in [4.69, 9.17) is 17.3 Å². The van der Waals surface area contributed by atoms with E-state index in [0.717, 1.165) is 47.1 Å². The fraction of sp³-hybridized carbons (Fsp3) is 0.448. The zero-order valence-corrected chi connectivity index (χ0v) is 25.1. The number of nitrogens with one attached hydrogen (secondary N) is 2. The van der Waals surface area contributed by atoms with Gasteiger partial charge in [-0.15, -0.1) is 0 Å². The number of benzene rings is 2. The molecule has 1 saturated carbocycles. The molecule has 1 aliphatic heterocycles. The van der Waals surface area contributed by atoms with Crippen LogP contribution in [0.2, 0.25) is 5.02 Å². The summed E-state index contributed by atoms with van der Waals surface area (Å²) in [4.78, 5) is 13.8. The summed E-state index contributed by atoms with van der Waals surface area (Å²) in [6.07, 6.45) is 6.62. The summed E-state index contributed by atoms with van der Waals surface area (Å²) in [7, 11) is 1.88. The average Bonchev–Trinajstić information content (AvgIpc) is 2.86. The highest BCUT2D eigenvalue weighted by atomic mass is 35.5. The predicted octanol–water partition coefficient (Wildman–Crippen LogP) is 6.07. The van der Waals surface area contributed by atoms with Crippen LogP contribution in [0.4, 0.5) is 34.5 Å². The van der Waals surface area contributed by atoms with Gasteiger partial charge in [-0.3, -0.25) is 0 Å². The minimum Gasteiger partial charge on any atom is -0.397 e. The lowest BCUT2D eigenvalue weighted by Crippen LogP contribution is -2.53. The second-order valence-electron chi connectivity index (χ2n) is 11.7. The normalized spacial score (nSPS) is 17.4. The van der Waals surface area contributed by atoms with E-state index in [-0.39, 0.29) is 0 Å². The Morgan fingerprint density at radius 1 is 1.10 bits per heavy atom. The minimum atomic E-state index is -2.50. The van der Waals surface area contributed by atoms with Gasteiger partial charge in [0.2, 0.25) is 5.95 Å². The van der Waals surface area contributed by atoms with Gasteiger partial charge < -0.3 is 30.7 Å². The van der Waals surface area contributed by atoms with E-state index < -0.39 is 7.14 Å². The summed E-state index contributed by atoms with van der Waals surface area (Å²) in [6.45, 7) is 7.63. The number of hydrogen-bond acceptors (Lipinski definition) is 8. The van der Waals surface area contributed by atoms with Crippen molar-refractivity contribution in [2.75, 3.05) is 61.8 Å². The SMILES string of the molecule is Cc1cc(N2CCC3(CC2)CC(N(C)C)C3)c(N)cc1Nc1ncc(Cl)c(Nc2ccccc2P(C)(C)=O)n1. The highest BCUT2D eigenvalue weighted by molar-refractivity contribution is 7.70. The number of aromatic nitrogens is 2. The number of hydrogen-bond donors (Lipinski definition) is 3. The molecular formula is C29H39ClN7OP. The Bertz CT molecular complexity index is 1410. The van der Waals surface area contributed by atoms with Gasteiger partial charge in [-0.2, -0.15) is 4.98 Å². The molecule has 208 valence electrons. The van der Waals surface area contributed by atoms with Gasteiger partial charge in [0.15, 0.2) is 5.82 Å². The first-order chi connectivity index (χ1) is 18.4. The molecule has 1 spiro atoms. The van der Waals surface area contributed by atoms with Crippen LogP contribution in [-0.4, -0.2) is 61.4 Å². The third-order valence-corrected chi connectivity index (χ3v) is 10.2. The molecule has 0 amide bonds. The van der Waals surface area contributed by atoms with E-state index in [2.05, 4.69) is 57.5 Å². The fourth-order valence-electron chi connectivity index (χ4n) is 5.87. The Labute approximate surface area is 236 Å². The summed E-state index contributed by atoms with van der Waals surface area (Å²) in [6, 6.07) is 12.3. The Kier molecular flexibility index (Phi) is 7.57. The molecule has 0 atom stereocenters. The number of nitrogens with zero attached hydrogens (tertiary/aromatic N) is 4. The van der Waals surface area contributed by atoms with E-state index in [1.807, 2.05) is 30.3 Å². The molecule has 2 fully saturated rings. The van der Waals surface area contributed by atoms with Gasteiger partial charge in [0, 0.05) is 30.1 Å². The van der Waals surface area contributed by atoms with Crippen LogP contribution in [0.5, 0.6) is 0 Å². The summed E-state index contributed by atoms with van der Waals surface area (Å²) in [5.74, 6) is 0.832. The van der Waals surface area contributed by atoms with Gasteiger partial charge >= 0.3 is 0 Å². The van der Waals surface area contributed by atoms with Crippen LogP contribution in [0.3, 0.4) is 0 Å². The van der Waals surface area contributed by atoms with Crippen molar-refractivity contribution in [3.05, 3.63) is 53.2 Å². The minimum absolute atomic E-state index is 0.371. The summed E-state index contributed by atoms with van der Waals surface area (Å²) >= 11 is 6.42. The first kappa shape index (κ1) is 27.8. The summed E-state index contributed by atoms with van der Waals surface area (Å²) < 4.78 is 12.8. The first-order valence-corrected chi connectivity index (χ1v) is 16.4. The smallest absolute Gasteiger partial charge is 0.229 e. The number of nitrogen functional groups attached to an aromatic ring is 1. The number of rotatable bonds is 7. The van der Waals surface area contributed by atoms with Crippen molar-refractivity contribution in [1.82, 2.24) is 14.9 Å². The molecule has 4 N–H and O–H groups in total. The van der Waals surface area contributed by atoms with Crippen molar-refractivity contribution >= 4 is 58.6 Å². The molecule has 1 aliphatic carbocycles. The molecular weight excluding hydrogens is 529 g/mol. The van der Waals surface area contributed by atoms with Crippen LogP contribution in [0.15, 0.2) is 42.6 Å². The topological polar surface area (TPSA) is 99.4 Å². The van der Waals surface area contributed by atoms with Crippen molar-refractivity contribution in [3.63, 3.8) is 0 Å². The molecule has 5 rings (SSSR count). The third-order valence-electron chi connectivity index (χ3n) is 8.33. The zero-order valence-electron chi connectivity index (χ0n) is 23.5. The van der Waals surface area contributed by atoms with E-state index in [1.54, 1.807) is 19.5 Å². The summed E-state index contributed by atoms with van der Waals surface area (Å²) in [5, 5.41) is 7.67. The van der Waals surface area contributed by atoms with Gasteiger partial charge in [0.05, 0.1) is 23.3 Å². The predicted molar refractivity (Wildman–Crippen MR) is 165 cm³/mol. The van der Waals surface area contributed by atoms with Crippen molar-refractivity contribution in [3.8, 4) is 0 Å². The number of anilines is 6. The zero-order chi connectivity index (χ0) is 27.9. The molecule has 2 aliphatic rings. The average molecular weight is 568 g/mol. The lowest BCUT2D eigenvalue weighted by Gasteiger charge is -2.54. The molecule has 10 heteroatoms. The maximum atomic E-state index is 12.8. The van der Waals surface area contributed by atoms with Crippen LogP contribution < -0.4 is 26.6 Å². The third kappa shape index (κ3) is 5.88. The maximum absolute atomic E-state index is 12.8. The van der Waals surface area contributed by atoms with Gasteiger partial charge in [0.1, 0.15) is 12.2 Å². The highest BCUT2D eigenvalue weighted by Gasteiger charge is 2.46. The van der Waals surface area contributed by atoms with Crippen LogP contribution in [0, 0.1) is 12.3 Å². The molecule has 0 bridgehead atoms. The maximum Gasteiger partial charge on any atom is 0.229 e. The Hall–Kier alpha value is -2.80. The number of halogens is 1. The van der Waals surface area contributed by atoms with Crippen LogP contribution in [-0.2, 0) is 4.57 Å². The second-order valence-corrected chi connectivity index (χ2v) is 15.3. The molecule has 0 radical (unpaired) electrons. The summed E-state index contributed by atoms with van der Waals surface area (Å²) in [5.41, 5.74) is 11.5. The fourth-order valence-corrected chi connectivity index (χ4v) is 7.16. The van der Waals surface area contributed by atoms with E-state index in [0.29, 0.717) is 27.9 Å². The molecule has 1 aromatic heterocycles. The molecule has 39 heavy (non-hydrogen) atoms. The van der Waals surface area contributed by atoms with Gasteiger partial charge in [0.25, 0.3) is 0 Å². The van der Waals surface area contributed by atoms with Crippen molar-refractivity contribution < 1.29 is 4.57 Å². The number of piperidine rings is 1. The number of aryl methyl sites for hydroxylation is 1. The molecule has 2 heterocycles. The van der Waals surface area contributed by atoms with Crippen LogP contribution >= 0.6 is 18.7 Å². The molecule has 0 unspecified atom stereocenters.